The molecule has 2 heteroatoms. The lowest BCUT2D eigenvalue weighted by atomic mass is 10.00. The van der Waals surface area contributed by atoms with Crippen LogP contribution in [-0.2, 0) is 6.42 Å². The van der Waals surface area contributed by atoms with Gasteiger partial charge in [-0.3, -0.25) is 4.79 Å². The van der Waals surface area contributed by atoms with Crippen molar-refractivity contribution in [2.24, 2.45) is 5.73 Å². The van der Waals surface area contributed by atoms with Gasteiger partial charge in [-0.15, -0.1) is 0 Å². The molecule has 0 amide bonds. The SMILES string of the molecule is CCCC(N)C(=O)c1ccc(CC)cc1. The quantitative estimate of drug-likeness (QED) is 0.751. The lowest BCUT2D eigenvalue weighted by molar-refractivity contribution is 0.0957. The Morgan fingerprint density at radius 2 is 1.87 bits per heavy atom. The van der Waals surface area contributed by atoms with Crippen LogP contribution in [0.25, 0.3) is 0 Å². The predicted octanol–water partition coefficient (Wildman–Crippen LogP) is 2.56. The summed E-state index contributed by atoms with van der Waals surface area (Å²) in [5.41, 5.74) is 7.76. The molecule has 0 spiro atoms. The largest absolute Gasteiger partial charge is 0.321 e. The highest BCUT2D eigenvalue weighted by Crippen LogP contribution is 2.09. The Labute approximate surface area is 91.5 Å². The fourth-order valence-electron chi connectivity index (χ4n) is 1.56. The summed E-state index contributed by atoms with van der Waals surface area (Å²) in [6.07, 6.45) is 2.70. The van der Waals surface area contributed by atoms with E-state index in [-0.39, 0.29) is 11.8 Å². The van der Waals surface area contributed by atoms with Crippen LogP contribution in [0.5, 0.6) is 0 Å². The van der Waals surface area contributed by atoms with E-state index < -0.39 is 0 Å². The van der Waals surface area contributed by atoms with Gasteiger partial charge in [0.1, 0.15) is 0 Å². The first-order chi connectivity index (χ1) is 7.19. The normalized spacial score (nSPS) is 12.5. The Morgan fingerprint density at radius 3 is 2.33 bits per heavy atom. The number of hydrogen-bond donors (Lipinski definition) is 1. The first-order valence-corrected chi connectivity index (χ1v) is 5.57. The Morgan fingerprint density at radius 1 is 1.27 bits per heavy atom. The van der Waals surface area contributed by atoms with Crippen molar-refractivity contribution in [1.29, 1.82) is 0 Å². The second-order valence-electron chi connectivity index (χ2n) is 3.81. The molecule has 2 N–H and O–H groups in total. The molecule has 0 aliphatic rings. The maximum absolute atomic E-state index is 11.8. The zero-order chi connectivity index (χ0) is 11.3. The summed E-state index contributed by atoms with van der Waals surface area (Å²) in [4.78, 5) is 11.8. The molecule has 0 heterocycles. The van der Waals surface area contributed by atoms with Crippen molar-refractivity contribution in [3.63, 3.8) is 0 Å². The molecule has 1 unspecified atom stereocenters. The van der Waals surface area contributed by atoms with Crippen molar-refractivity contribution >= 4 is 5.78 Å². The Bertz CT molecular complexity index is 316. The molecule has 0 saturated carbocycles. The van der Waals surface area contributed by atoms with Gasteiger partial charge in [0.2, 0.25) is 0 Å². The third-order valence-electron chi connectivity index (χ3n) is 2.58. The van der Waals surface area contributed by atoms with Crippen molar-refractivity contribution in [3.8, 4) is 0 Å². The molecular weight excluding hydrogens is 186 g/mol. The number of ketones is 1. The summed E-state index contributed by atoms with van der Waals surface area (Å²) in [6, 6.07) is 7.38. The number of rotatable bonds is 5. The molecule has 0 aliphatic heterocycles. The number of hydrogen-bond acceptors (Lipinski definition) is 2. The summed E-state index contributed by atoms with van der Waals surface area (Å²) in [5.74, 6) is 0.0551. The molecule has 2 nitrogen and oxygen atoms in total. The van der Waals surface area contributed by atoms with Crippen LogP contribution in [-0.4, -0.2) is 11.8 Å². The number of carbonyl (C=O) groups excluding carboxylic acids is 1. The average molecular weight is 205 g/mol. The van der Waals surface area contributed by atoms with Gasteiger partial charge in [-0.1, -0.05) is 44.5 Å². The molecule has 0 fully saturated rings. The molecule has 0 bridgehead atoms. The Hall–Kier alpha value is -1.15. The van der Waals surface area contributed by atoms with Gasteiger partial charge in [-0.25, -0.2) is 0 Å². The molecule has 1 atom stereocenters. The minimum Gasteiger partial charge on any atom is -0.321 e. The number of Topliss-reactive ketones (excluding diaryl/α,β-unsaturated/α-hetero) is 1. The highest BCUT2D eigenvalue weighted by Gasteiger charge is 2.13. The van der Waals surface area contributed by atoms with E-state index in [1.807, 2.05) is 31.2 Å². The summed E-state index contributed by atoms with van der Waals surface area (Å²) in [7, 11) is 0. The standard InChI is InChI=1S/C13H19NO/c1-3-5-12(14)13(15)11-8-6-10(4-2)7-9-11/h6-9,12H,3-5,14H2,1-2H3. The molecule has 0 radical (unpaired) electrons. The lowest BCUT2D eigenvalue weighted by Gasteiger charge is -2.09. The van der Waals surface area contributed by atoms with Crippen LogP contribution in [0.2, 0.25) is 0 Å². The van der Waals surface area contributed by atoms with Gasteiger partial charge < -0.3 is 5.73 Å². The van der Waals surface area contributed by atoms with E-state index in [2.05, 4.69) is 6.92 Å². The summed E-state index contributed by atoms with van der Waals surface area (Å²) in [6.45, 7) is 4.13. The van der Waals surface area contributed by atoms with E-state index in [0.717, 1.165) is 24.8 Å². The molecule has 1 rings (SSSR count). The fourth-order valence-corrected chi connectivity index (χ4v) is 1.56. The monoisotopic (exact) mass is 205 g/mol. The van der Waals surface area contributed by atoms with Crippen LogP contribution >= 0.6 is 0 Å². The number of carbonyl (C=O) groups is 1. The zero-order valence-electron chi connectivity index (χ0n) is 9.49. The predicted molar refractivity (Wildman–Crippen MR) is 63.0 cm³/mol. The minimum absolute atomic E-state index is 0.0551. The van der Waals surface area contributed by atoms with Gasteiger partial charge in [0.25, 0.3) is 0 Å². The molecule has 15 heavy (non-hydrogen) atoms. The summed E-state index contributed by atoms with van der Waals surface area (Å²) >= 11 is 0. The second kappa shape index (κ2) is 5.66. The van der Waals surface area contributed by atoms with Gasteiger partial charge in [0.15, 0.2) is 5.78 Å². The molecule has 0 aliphatic carbocycles. The van der Waals surface area contributed by atoms with E-state index >= 15 is 0 Å². The van der Waals surface area contributed by atoms with Gasteiger partial charge in [-0.05, 0) is 18.4 Å². The number of aryl methyl sites for hydroxylation is 1. The molecule has 1 aromatic rings. The minimum atomic E-state index is -0.345. The molecule has 0 saturated heterocycles. The van der Waals surface area contributed by atoms with Crippen molar-refractivity contribution in [1.82, 2.24) is 0 Å². The lowest BCUT2D eigenvalue weighted by Crippen LogP contribution is -2.30. The van der Waals surface area contributed by atoms with Crippen LogP contribution in [0.3, 0.4) is 0 Å². The average Bonchev–Trinajstić information content (AvgIpc) is 2.28. The maximum Gasteiger partial charge on any atom is 0.179 e. The highest BCUT2D eigenvalue weighted by molar-refractivity contribution is 5.99. The highest BCUT2D eigenvalue weighted by atomic mass is 16.1. The first kappa shape index (κ1) is 11.9. The molecule has 0 aromatic heterocycles. The van der Waals surface area contributed by atoms with Crippen LogP contribution in [0.1, 0.15) is 42.6 Å². The van der Waals surface area contributed by atoms with Crippen LogP contribution in [0, 0.1) is 0 Å². The first-order valence-electron chi connectivity index (χ1n) is 5.57. The topological polar surface area (TPSA) is 43.1 Å². The van der Waals surface area contributed by atoms with E-state index in [1.54, 1.807) is 0 Å². The van der Waals surface area contributed by atoms with E-state index in [4.69, 9.17) is 5.73 Å². The number of benzene rings is 1. The Kier molecular flexibility index (Phi) is 4.50. The zero-order valence-corrected chi connectivity index (χ0v) is 9.49. The second-order valence-corrected chi connectivity index (χ2v) is 3.81. The van der Waals surface area contributed by atoms with Crippen LogP contribution < -0.4 is 5.73 Å². The third kappa shape index (κ3) is 3.17. The van der Waals surface area contributed by atoms with Gasteiger partial charge in [-0.2, -0.15) is 0 Å². The fraction of sp³-hybridized carbons (Fsp3) is 0.462. The van der Waals surface area contributed by atoms with Crippen molar-refractivity contribution in [2.45, 2.75) is 39.2 Å². The smallest absolute Gasteiger partial charge is 0.179 e. The van der Waals surface area contributed by atoms with Crippen LogP contribution in [0.4, 0.5) is 0 Å². The Balaban J connectivity index is 2.73. The molecule has 1 aromatic carbocycles. The third-order valence-corrected chi connectivity index (χ3v) is 2.58. The summed E-state index contributed by atoms with van der Waals surface area (Å²) in [5, 5.41) is 0. The van der Waals surface area contributed by atoms with Crippen molar-refractivity contribution in [3.05, 3.63) is 35.4 Å². The van der Waals surface area contributed by atoms with Gasteiger partial charge in [0, 0.05) is 5.56 Å². The maximum atomic E-state index is 11.8. The molecular formula is C13H19NO. The van der Waals surface area contributed by atoms with Gasteiger partial charge in [0.05, 0.1) is 6.04 Å². The van der Waals surface area contributed by atoms with Crippen molar-refractivity contribution in [2.75, 3.05) is 0 Å². The van der Waals surface area contributed by atoms with E-state index in [9.17, 15) is 4.79 Å². The van der Waals surface area contributed by atoms with Crippen molar-refractivity contribution < 1.29 is 4.79 Å². The summed E-state index contributed by atoms with van der Waals surface area (Å²) < 4.78 is 0. The van der Waals surface area contributed by atoms with E-state index in [1.165, 1.54) is 5.56 Å². The number of nitrogens with two attached hydrogens (primary N) is 1. The van der Waals surface area contributed by atoms with E-state index in [0.29, 0.717) is 0 Å². The van der Waals surface area contributed by atoms with Gasteiger partial charge >= 0.3 is 0 Å². The molecule has 82 valence electrons. The van der Waals surface area contributed by atoms with Crippen LogP contribution in [0.15, 0.2) is 24.3 Å².